The number of benzene rings is 2. The number of amides is 2. The molecule has 1 aromatic heterocycles. The third-order valence-corrected chi connectivity index (χ3v) is 5.64. The second kappa shape index (κ2) is 11.3. The largest absolute Gasteiger partial charge is 0.494 e. The number of carbonyl (C=O) groups is 2. The van der Waals surface area contributed by atoms with E-state index in [1.165, 1.54) is 4.90 Å². The van der Waals surface area contributed by atoms with Crippen molar-refractivity contribution in [3.8, 4) is 5.75 Å². The number of aromatic nitrogens is 1. The van der Waals surface area contributed by atoms with Crippen LogP contribution in [0.5, 0.6) is 5.75 Å². The highest BCUT2D eigenvalue weighted by Gasteiger charge is 2.24. The Kier molecular flexibility index (Phi) is 8.40. The average Bonchev–Trinajstić information content (AvgIpc) is 2.80. The number of H-pyrrole nitrogens is 1. The number of hydrogen-bond acceptors (Lipinski definition) is 5. The molecule has 2 amide bonds. The average molecular weight is 494 g/mol. The molecule has 0 bridgehead atoms. The maximum absolute atomic E-state index is 13.2. The van der Waals surface area contributed by atoms with Crippen LogP contribution in [-0.2, 0) is 16.1 Å². The van der Waals surface area contributed by atoms with Gasteiger partial charge in [0.15, 0.2) is 0 Å². The summed E-state index contributed by atoms with van der Waals surface area (Å²) in [6.07, 6.45) is 0. The van der Waals surface area contributed by atoms with Gasteiger partial charge in [-0.1, -0.05) is 11.6 Å². The smallest absolute Gasteiger partial charge is 0.322 e. The Labute approximate surface area is 211 Å². The summed E-state index contributed by atoms with van der Waals surface area (Å²) in [4.78, 5) is 42.7. The van der Waals surface area contributed by atoms with E-state index in [1.54, 1.807) is 45.0 Å². The standard InChI is InChI=1S/C28H35N3O5/c1-7-35-23-10-8-22(9-11-23)29-27(34)31(12-13-36-26(33)28(4,5)6)17-21-16-20-15-18(2)14-19(3)24(20)30-25(21)32/h8-11,14-16H,7,12-13,17H2,1-6H3,(H,29,34)(H,30,32). The lowest BCUT2D eigenvalue weighted by Crippen LogP contribution is -2.39. The van der Waals surface area contributed by atoms with Crippen molar-refractivity contribution in [2.45, 2.75) is 48.1 Å². The molecule has 36 heavy (non-hydrogen) atoms. The number of fused-ring (bicyclic) bond motifs is 1. The van der Waals surface area contributed by atoms with Gasteiger partial charge in [0, 0.05) is 11.3 Å². The lowest BCUT2D eigenvalue weighted by Gasteiger charge is -2.24. The molecule has 0 saturated heterocycles. The number of nitrogens with zero attached hydrogens (tertiary/aromatic N) is 1. The molecule has 3 aromatic rings. The van der Waals surface area contributed by atoms with Crippen molar-refractivity contribution in [2.24, 2.45) is 5.41 Å². The van der Waals surface area contributed by atoms with Crippen molar-refractivity contribution in [3.05, 3.63) is 69.5 Å². The Bertz CT molecular complexity index is 1290. The van der Waals surface area contributed by atoms with Gasteiger partial charge >= 0.3 is 12.0 Å². The first-order chi connectivity index (χ1) is 17.0. The monoisotopic (exact) mass is 493 g/mol. The third-order valence-electron chi connectivity index (χ3n) is 5.64. The van der Waals surface area contributed by atoms with Gasteiger partial charge in [0.25, 0.3) is 5.56 Å². The number of aryl methyl sites for hydroxylation is 2. The van der Waals surface area contributed by atoms with Crippen LogP contribution >= 0.6 is 0 Å². The first kappa shape index (κ1) is 26.8. The number of urea groups is 1. The number of aromatic amines is 1. The highest BCUT2D eigenvalue weighted by molar-refractivity contribution is 5.89. The normalized spacial score (nSPS) is 11.3. The van der Waals surface area contributed by atoms with Gasteiger partial charge in [-0.05, 0) is 88.9 Å². The second-order valence-corrected chi connectivity index (χ2v) is 9.86. The molecule has 0 aliphatic heterocycles. The summed E-state index contributed by atoms with van der Waals surface area (Å²) in [6.45, 7) is 11.9. The van der Waals surface area contributed by atoms with E-state index < -0.39 is 11.4 Å². The zero-order chi connectivity index (χ0) is 26.5. The molecule has 8 heteroatoms. The number of hydrogen-bond donors (Lipinski definition) is 2. The van der Waals surface area contributed by atoms with E-state index in [2.05, 4.69) is 10.3 Å². The zero-order valence-electron chi connectivity index (χ0n) is 21.9. The Morgan fingerprint density at radius 2 is 1.75 bits per heavy atom. The summed E-state index contributed by atoms with van der Waals surface area (Å²) in [6, 6.07) is 12.4. The van der Waals surface area contributed by atoms with E-state index in [-0.39, 0.29) is 31.2 Å². The fourth-order valence-corrected chi connectivity index (χ4v) is 3.78. The number of ether oxygens (including phenoxy) is 2. The molecule has 2 aromatic carbocycles. The number of rotatable bonds is 8. The molecule has 1 heterocycles. The van der Waals surface area contributed by atoms with Crippen molar-refractivity contribution in [2.75, 3.05) is 25.1 Å². The Morgan fingerprint density at radius 3 is 2.39 bits per heavy atom. The van der Waals surface area contributed by atoms with Crippen molar-refractivity contribution in [1.82, 2.24) is 9.88 Å². The first-order valence-electron chi connectivity index (χ1n) is 12.1. The molecule has 3 rings (SSSR count). The fraction of sp³-hybridized carbons (Fsp3) is 0.393. The summed E-state index contributed by atoms with van der Waals surface area (Å²) in [5.74, 6) is 0.346. The molecule has 0 fully saturated rings. The van der Waals surface area contributed by atoms with Gasteiger partial charge < -0.3 is 24.7 Å². The highest BCUT2D eigenvalue weighted by Crippen LogP contribution is 2.20. The van der Waals surface area contributed by atoms with Crippen LogP contribution in [0.15, 0.2) is 47.3 Å². The van der Waals surface area contributed by atoms with Gasteiger partial charge in [0.1, 0.15) is 12.4 Å². The molecule has 192 valence electrons. The SMILES string of the molecule is CCOc1ccc(NC(=O)N(CCOC(=O)C(C)(C)C)Cc2cc3cc(C)cc(C)c3[nH]c2=O)cc1. The Morgan fingerprint density at radius 1 is 1.06 bits per heavy atom. The summed E-state index contributed by atoms with van der Waals surface area (Å²) in [5, 5.41) is 3.75. The summed E-state index contributed by atoms with van der Waals surface area (Å²) < 4.78 is 10.8. The minimum Gasteiger partial charge on any atom is -0.494 e. The van der Waals surface area contributed by atoms with Gasteiger partial charge in [0.2, 0.25) is 0 Å². The van der Waals surface area contributed by atoms with Crippen LogP contribution in [0.3, 0.4) is 0 Å². The fourth-order valence-electron chi connectivity index (χ4n) is 3.78. The molecule has 0 aliphatic carbocycles. The molecule has 0 saturated carbocycles. The van der Waals surface area contributed by atoms with Gasteiger partial charge in [-0.3, -0.25) is 9.59 Å². The van der Waals surface area contributed by atoms with Gasteiger partial charge in [0.05, 0.1) is 30.6 Å². The van der Waals surface area contributed by atoms with Gasteiger partial charge in [-0.25, -0.2) is 4.79 Å². The predicted molar refractivity (Wildman–Crippen MR) is 141 cm³/mol. The zero-order valence-corrected chi connectivity index (χ0v) is 21.9. The maximum Gasteiger partial charge on any atom is 0.322 e. The summed E-state index contributed by atoms with van der Waals surface area (Å²) in [5.41, 5.74) is 2.94. The van der Waals surface area contributed by atoms with E-state index in [0.29, 0.717) is 23.6 Å². The molecule has 0 radical (unpaired) electrons. The summed E-state index contributed by atoms with van der Waals surface area (Å²) in [7, 11) is 0. The van der Waals surface area contributed by atoms with E-state index in [4.69, 9.17) is 9.47 Å². The minimum atomic E-state index is -0.652. The van der Waals surface area contributed by atoms with Crippen LogP contribution in [0.4, 0.5) is 10.5 Å². The van der Waals surface area contributed by atoms with E-state index in [1.807, 2.05) is 39.0 Å². The number of nitrogens with one attached hydrogen (secondary N) is 2. The lowest BCUT2D eigenvalue weighted by molar-refractivity contribution is -0.153. The minimum absolute atomic E-state index is 0.0104. The first-order valence-corrected chi connectivity index (χ1v) is 12.1. The van der Waals surface area contributed by atoms with Crippen molar-refractivity contribution in [1.29, 1.82) is 0 Å². The molecule has 0 aliphatic rings. The molecule has 0 unspecified atom stereocenters. The molecule has 0 spiro atoms. The second-order valence-electron chi connectivity index (χ2n) is 9.86. The molecule has 8 nitrogen and oxygen atoms in total. The lowest BCUT2D eigenvalue weighted by atomic mass is 9.97. The Balaban J connectivity index is 1.84. The molecular weight excluding hydrogens is 458 g/mol. The van der Waals surface area contributed by atoms with Crippen molar-refractivity contribution >= 4 is 28.6 Å². The van der Waals surface area contributed by atoms with Crippen LogP contribution in [-0.4, -0.2) is 41.6 Å². The van der Waals surface area contributed by atoms with Crippen LogP contribution in [0.25, 0.3) is 10.9 Å². The van der Waals surface area contributed by atoms with Crippen molar-refractivity contribution < 1.29 is 19.1 Å². The van der Waals surface area contributed by atoms with Gasteiger partial charge in [-0.15, -0.1) is 0 Å². The van der Waals surface area contributed by atoms with E-state index in [0.717, 1.165) is 22.0 Å². The molecule has 2 N–H and O–H groups in total. The van der Waals surface area contributed by atoms with E-state index >= 15 is 0 Å². The number of anilines is 1. The number of carbonyl (C=O) groups excluding carboxylic acids is 2. The van der Waals surface area contributed by atoms with Crippen molar-refractivity contribution in [3.63, 3.8) is 0 Å². The number of pyridine rings is 1. The maximum atomic E-state index is 13.2. The quantitative estimate of drug-likeness (QED) is 0.422. The van der Waals surface area contributed by atoms with E-state index in [9.17, 15) is 14.4 Å². The highest BCUT2D eigenvalue weighted by atomic mass is 16.5. The van der Waals surface area contributed by atoms with Crippen LogP contribution in [0.1, 0.15) is 44.4 Å². The van der Waals surface area contributed by atoms with Crippen LogP contribution in [0.2, 0.25) is 0 Å². The predicted octanol–water partition coefficient (Wildman–Crippen LogP) is 5.17. The molecule has 0 atom stereocenters. The molecular formula is C28H35N3O5. The van der Waals surface area contributed by atoms with Crippen LogP contribution in [0, 0.1) is 19.3 Å². The number of esters is 1. The van der Waals surface area contributed by atoms with Gasteiger partial charge in [-0.2, -0.15) is 0 Å². The Hall–Kier alpha value is -3.81. The third kappa shape index (κ3) is 6.87. The van der Waals surface area contributed by atoms with Crippen LogP contribution < -0.4 is 15.6 Å². The summed E-state index contributed by atoms with van der Waals surface area (Å²) >= 11 is 0. The topological polar surface area (TPSA) is 101 Å².